The molecule has 0 saturated heterocycles. The fourth-order valence-corrected chi connectivity index (χ4v) is 1.71. The van der Waals surface area contributed by atoms with Crippen LogP contribution in [-0.2, 0) is 9.59 Å². The molecular weight excluding hydrogens is 256 g/mol. The summed E-state index contributed by atoms with van der Waals surface area (Å²) in [4.78, 5) is 23.4. The van der Waals surface area contributed by atoms with Gasteiger partial charge in [-0.25, -0.2) is 0 Å². The van der Waals surface area contributed by atoms with Gasteiger partial charge in [0.25, 0.3) is 0 Å². The highest BCUT2D eigenvalue weighted by Crippen LogP contribution is 2.13. The molecule has 0 aliphatic heterocycles. The van der Waals surface area contributed by atoms with Crippen LogP contribution in [0.15, 0.2) is 18.2 Å². The van der Waals surface area contributed by atoms with Crippen LogP contribution in [0.4, 0.5) is 5.69 Å². The third-order valence-corrected chi connectivity index (χ3v) is 3.08. The molecule has 5 heteroatoms. The molecule has 1 aromatic rings. The van der Waals surface area contributed by atoms with Crippen molar-refractivity contribution in [1.82, 2.24) is 5.32 Å². The van der Waals surface area contributed by atoms with Gasteiger partial charge in [-0.15, -0.1) is 0 Å². The minimum Gasteiger partial charge on any atom is -0.388 e. The first-order valence-corrected chi connectivity index (χ1v) is 6.63. The number of nitrogens with one attached hydrogen (secondary N) is 2. The normalized spacial score (nSPS) is 13.4. The van der Waals surface area contributed by atoms with E-state index in [1.807, 2.05) is 26.8 Å². The third kappa shape index (κ3) is 5.01. The van der Waals surface area contributed by atoms with Gasteiger partial charge < -0.3 is 15.7 Å². The van der Waals surface area contributed by atoms with Crippen LogP contribution in [-0.4, -0.2) is 29.1 Å². The average Bonchev–Trinajstić information content (AvgIpc) is 2.34. The van der Waals surface area contributed by atoms with Gasteiger partial charge in [-0.2, -0.15) is 0 Å². The number of amides is 2. The lowest BCUT2D eigenvalue weighted by Crippen LogP contribution is -2.44. The quantitative estimate of drug-likeness (QED) is 0.731. The molecule has 0 aliphatic carbocycles. The number of anilines is 1. The predicted molar refractivity (Wildman–Crippen MR) is 78.5 cm³/mol. The van der Waals surface area contributed by atoms with E-state index in [9.17, 15) is 14.7 Å². The van der Waals surface area contributed by atoms with Gasteiger partial charge in [0, 0.05) is 12.2 Å². The summed E-state index contributed by atoms with van der Waals surface area (Å²) in [6.07, 6.45) is 0.492. The van der Waals surface area contributed by atoms with E-state index in [0.717, 1.165) is 11.1 Å². The Morgan fingerprint density at radius 1 is 1.15 bits per heavy atom. The van der Waals surface area contributed by atoms with Crippen LogP contribution < -0.4 is 10.6 Å². The summed E-state index contributed by atoms with van der Waals surface area (Å²) in [7, 11) is 0. The van der Waals surface area contributed by atoms with E-state index in [0.29, 0.717) is 12.1 Å². The molecule has 3 N–H and O–H groups in total. The minimum absolute atomic E-state index is 0.0442. The number of rotatable bonds is 4. The highest BCUT2D eigenvalue weighted by molar-refractivity contribution is 6.39. The smallest absolute Gasteiger partial charge is 0.313 e. The van der Waals surface area contributed by atoms with Crippen molar-refractivity contribution in [1.29, 1.82) is 0 Å². The van der Waals surface area contributed by atoms with Crippen LogP contribution in [0.1, 0.15) is 31.4 Å². The molecule has 20 heavy (non-hydrogen) atoms. The van der Waals surface area contributed by atoms with Gasteiger partial charge in [-0.1, -0.05) is 13.0 Å². The molecule has 0 saturated carbocycles. The van der Waals surface area contributed by atoms with Crippen LogP contribution >= 0.6 is 0 Å². The van der Waals surface area contributed by atoms with Crippen LogP contribution in [0.3, 0.4) is 0 Å². The minimum atomic E-state index is -1.00. The number of aryl methyl sites for hydroxylation is 2. The van der Waals surface area contributed by atoms with E-state index >= 15 is 0 Å². The van der Waals surface area contributed by atoms with E-state index in [1.54, 1.807) is 19.1 Å². The fourth-order valence-electron chi connectivity index (χ4n) is 1.71. The van der Waals surface area contributed by atoms with E-state index in [2.05, 4.69) is 10.6 Å². The Labute approximate surface area is 119 Å². The maximum atomic E-state index is 11.7. The Balaban J connectivity index is 2.60. The van der Waals surface area contributed by atoms with Gasteiger partial charge in [0.2, 0.25) is 0 Å². The number of carbonyl (C=O) groups excluding carboxylic acids is 2. The van der Waals surface area contributed by atoms with Gasteiger partial charge in [0.05, 0.1) is 5.60 Å². The number of carbonyl (C=O) groups is 2. The van der Waals surface area contributed by atoms with E-state index in [-0.39, 0.29) is 6.54 Å². The Bertz CT molecular complexity index is 490. The third-order valence-electron chi connectivity index (χ3n) is 3.08. The molecule has 1 aromatic carbocycles. The summed E-state index contributed by atoms with van der Waals surface area (Å²) in [6, 6.07) is 5.56. The Hall–Kier alpha value is -1.88. The Kier molecular flexibility index (Phi) is 5.27. The standard InChI is InChI=1S/C15H22N2O3/c1-5-15(4,20)9-16-13(18)14(19)17-12-7-10(2)6-11(3)8-12/h6-8,20H,5,9H2,1-4H3,(H,16,18)(H,17,19)/t15-/m1/s1. The van der Waals surface area contributed by atoms with Crippen LogP contribution in [0.25, 0.3) is 0 Å². The molecule has 0 aliphatic rings. The van der Waals surface area contributed by atoms with Crippen LogP contribution in [0, 0.1) is 13.8 Å². The molecule has 1 atom stereocenters. The van der Waals surface area contributed by atoms with Crippen molar-refractivity contribution >= 4 is 17.5 Å². The lowest BCUT2D eigenvalue weighted by Gasteiger charge is -2.21. The molecule has 5 nitrogen and oxygen atoms in total. The molecule has 0 fully saturated rings. The molecule has 0 bridgehead atoms. The molecule has 110 valence electrons. The molecule has 0 heterocycles. The van der Waals surface area contributed by atoms with Crippen molar-refractivity contribution in [3.63, 3.8) is 0 Å². The van der Waals surface area contributed by atoms with Crippen molar-refractivity contribution in [2.24, 2.45) is 0 Å². The van der Waals surface area contributed by atoms with Crippen molar-refractivity contribution in [2.75, 3.05) is 11.9 Å². The summed E-state index contributed by atoms with van der Waals surface area (Å²) in [5.74, 6) is -1.49. The molecule has 2 amide bonds. The van der Waals surface area contributed by atoms with E-state index in [1.165, 1.54) is 0 Å². The summed E-state index contributed by atoms with van der Waals surface area (Å²) < 4.78 is 0. The average molecular weight is 278 g/mol. The lowest BCUT2D eigenvalue weighted by molar-refractivity contribution is -0.136. The summed E-state index contributed by atoms with van der Waals surface area (Å²) in [5.41, 5.74) is 1.60. The fraction of sp³-hybridized carbons (Fsp3) is 0.467. The van der Waals surface area contributed by atoms with Gasteiger partial charge in [0.1, 0.15) is 0 Å². The van der Waals surface area contributed by atoms with Crippen LogP contribution in [0.2, 0.25) is 0 Å². The monoisotopic (exact) mass is 278 g/mol. The van der Waals surface area contributed by atoms with Crippen LogP contribution in [0.5, 0.6) is 0 Å². The van der Waals surface area contributed by atoms with Crippen molar-refractivity contribution in [3.05, 3.63) is 29.3 Å². The summed E-state index contributed by atoms with van der Waals surface area (Å²) in [6.45, 7) is 7.29. The summed E-state index contributed by atoms with van der Waals surface area (Å²) in [5, 5.41) is 14.7. The van der Waals surface area contributed by atoms with E-state index < -0.39 is 17.4 Å². The summed E-state index contributed by atoms with van der Waals surface area (Å²) >= 11 is 0. The number of hydrogen-bond acceptors (Lipinski definition) is 3. The maximum absolute atomic E-state index is 11.7. The predicted octanol–water partition coefficient (Wildman–Crippen LogP) is 1.52. The second-order valence-corrected chi connectivity index (χ2v) is 5.36. The SMILES string of the molecule is CC[C@@](C)(O)CNC(=O)C(=O)Nc1cc(C)cc(C)c1. The molecule has 0 spiro atoms. The number of hydrogen-bond donors (Lipinski definition) is 3. The van der Waals surface area contributed by atoms with Crippen molar-refractivity contribution < 1.29 is 14.7 Å². The highest BCUT2D eigenvalue weighted by Gasteiger charge is 2.21. The van der Waals surface area contributed by atoms with Gasteiger partial charge >= 0.3 is 11.8 Å². The molecule has 1 rings (SSSR count). The van der Waals surface area contributed by atoms with Gasteiger partial charge in [-0.3, -0.25) is 9.59 Å². The molecule has 0 radical (unpaired) electrons. The zero-order valence-electron chi connectivity index (χ0n) is 12.4. The first-order valence-electron chi connectivity index (χ1n) is 6.63. The number of benzene rings is 1. The Morgan fingerprint density at radius 3 is 2.20 bits per heavy atom. The molecule has 0 unspecified atom stereocenters. The topological polar surface area (TPSA) is 78.4 Å². The first-order chi connectivity index (χ1) is 9.23. The van der Waals surface area contributed by atoms with Crippen molar-refractivity contribution in [2.45, 2.75) is 39.7 Å². The van der Waals surface area contributed by atoms with Crippen molar-refractivity contribution in [3.8, 4) is 0 Å². The lowest BCUT2D eigenvalue weighted by atomic mass is 10.0. The van der Waals surface area contributed by atoms with E-state index in [4.69, 9.17) is 0 Å². The second-order valence-electron chi connectivity index (χ2n) is 5.36. The first kappa shape index (κ1) is 16.2. The van der Waals surface area contributed by atoms with Gasteiger partial charge in [-0.05, 0) is 50.5 Å². The molecule has 0 aromatic heterocycles. The zero-order valence-corrected chi connectivity index (χ0v) is 12.4. The number of aliphatic hydroxyl groups is 1. The highest BCUT2D eigenvalue weighted by atomic mass is 16.3. The second kappa shape index (κ2) is 6.52. The van der Waals surface area contributed by atoms with Gasteiger partial charge in [0.15, 0.2) is 0 Å². The largest absolute Gasteiger partial charge is 0.388 e. The zero-order chi connectivity index (χ0) is 15.3. The molecular formula is C15H22N2O3. The maximum Gasteiger partial charge on any atom is 0.313 e. The Morgan fingerprint density at radius 2 is 1.70 bits per heavy atom.